The number of aryl methyl sites for hydroxylation is 1. The first-order chi connectivity index (χ1) is 23.5. The number of unbranched alkanes of at least 4 members (excludes halogenated alkanes) is 1. The zero-order chi connectivity index (χ0) is 34.8. The molecule has 1 aromatic heterocycles. The second-order valence-electron chi connectivity index (χ2n) is 14.9. The molecule has 0 saturated heterocycles. The Bertz CT molecular complexity index is 1960. The Morgan fingerprint density at radius 1 is 0.796 bits per heavy atom. The molecule has 2 unspecified atom stereocenters. The van der Waals surface area contributed by atoms with Crippen molar-refractivity contribution in [1.29, 1.82) is 0 Å². The molecule has 6 rings (SSSR count). The SMILES string of the molecule is CCCCn1c2ccc(-c3ccc(OC)cc3)cc2c2cc(-c3ccc(OC(=O)NC4CC(C)(C)CC(C)(CNC(C)=O)C4)cc3)ccc21. The summed E-state index contributed by atoms with van der Waals surface area (Å²) < 4.78 is 13.6. The fourth-order valence-electron chi connectivity index (χ4n) is 8.03. The number of nitrogens with one attached hydrogen (secondary N) is 2. The summed E-state index contributed by atoms with van der Waals surface area (Å²) in [7, 11) is 1.69. The summed E-state index contributed by atoms with van der Waals surface area (Å²) in [5.41, 5.74) is 6.88. The van der Waals surface area contributed by atoms with E-state index < -0.39 is 6.09 Å². The van der Waals surface area contributed by atoms with Crippen LogP contribution in [0.25, 0.3) is 44.1 Å². The van der Waals surface area contributed by atoms with Gasteiger partial charge in [-0.2, -0.15) is 0 Å². The van der Waals surface area contributed by atoms with E-state index >= 15 is 0 Å². The monoisotopic (exact) mass is 659 g/mol. The molecular formula is C42H49N3O4. The number of amides is 2. The van der Waals surface area contributed by atoms with Crippen molar-refractivity contribution >= 4 is 33.8 Å². The summed E-state index contributed by atoms with van der Waals surface area (Å²) in [6, 6.07) is 29.4. The van der Waals surface area contributed by atoms with Crippen molar-refractivity contribution in [2.45, 2.75) is 79.3 Å². The van der Waals surface area contributed by atoms with Gasteiger partial charge in [0.25, 0.3) is 0 Å². The first-order valence-corrected chi connectivity index (χ1v) is 17.5. The number of carbonyl (C=O) groups excluding carboxylic acids is 2. The number of benzene rings is 4. The van der Waals surface area contributed by atoms with Crippen LogP contribution in [0.2, 0.25) is 0 Å². The molecule has 7 heteroatoms. The Labute approximate surface area is 290 Å². The van der Waals surface area contributed by atoms with Gasteiger partial charge in [0.05, 0.1) is 7.11 Å². The fraction of sp³-hybridized carbons (Fsp3) is 0.381. The molecular weight excluding hydrogens is 610 g/mol. The average molecular weight is 660 g/mol. The number of nitrogens with zero attached hydrogens (tertiary/aromatic N) is 1. The van der Waals surface area contributed by atoms with Gasteiger partial charge in [-0.3, -0.25) is 4.79 Å². The number of fused-ring (bicyclic) bond motifs is 3. The molecule has 0 radical (unpaired) electrons. The number of aromatic nitrogens is 1. The van der Waals surface area contributed by atoms with Gasteiger partial charge in [-0.05, 0) is 107 Å². The molecule has 0 bridgehead atoms. The van der Waals surface area contributed by atoms with Crippen LogP contribution in [0.5, 0.6) is 11.5 Å². The van der Waals surface area contributed by atoms with Crippen molar-refractivity contribution < 1.29 is 19.1 Å². The molecule has 7 nitrogen and oxygen atoms in total. The standard InChI is InChI=1S/C42H49N3O4/c1-7-8-21-45-38-19-13-31(29-9-15-34(48-6)16-10-29)22-36(38)37-23-32(14-20-39(37)45)30-11-17-35(18-12-30)49-40(47)44-33-24-41(3,4)26-42(5,25-33)27-43-28(2)46/h9-20,22-23,33H,7-8,21,24-27H2,1-6H3,(H,43,46)(H,44,47). The van der Waals surface area contributed by atoms with Crippen molar-refractivity contribution in [3.05, 3.63) is 84.9 Å². The topological polar surface area (TPSA) is 81.6 Å². The first-order valence-electron chi connectivity index (χ1n) is 17.5. The summed E-state index contributed by atoms with van der Waals surface area (Å²) in [4.78, 5) is 24.6. The van der Waals surface area contributed by atoms with E-state index in [-0.39, 0.29) is 22.8 Å². The maximum Gasteiger partial charge on any atom is 0.412 e. The van der Waals surface area contributed by atoms with Gasteiger partial charge in [-0.1, -0.05) is 70.5 Å². The third-order valence-corrected chi connectivity index (χ3v) is 9.95. The van der Waals surface area contributed by atoms with Gasteiger partial charge in [-0.25, -0.2) is 4.79 Å². The Morgan fingerprint density at radius 2 is 1.35 bits per heavy atom. The molecule has 256 valence electrons. The quantitative estimate of drug-likeness (QED) is 0.156. The Kier molecular flexibility index (Phi) is 9.73. The minimum Gasteiger partial charge on any atom is -0.497 e. The zero-order valence-electron chi connectivity index (χ0n) is 29.7. The number of ether oxygens (including phenoxy) is 2. The summed E-state index contributed by atoms with van der Waals surface area (Å²) in [5.74, 6) is 1.31. The van der Waals surface area contributed by atoms with Gasteiger partial charge in [-0.15, -0.1) is 0 Å². The first kappa shape index (κ1) is 34.1. The molecule has 1 aliphatic carbocycles. The van der Waals surface area contributed by atoms with Gasteiger partial charge in [0, 0.05) is 47.9 Å². The molecule has 1 aliphatic rings. The van der Waals surface area contributed by atoms with Crippen molar-refractivity contribution in [3.8, 4) is 33.8 Å². The largest absolute Gasteiger partial charge is 0.497 e. The van der Waals surface area contributed by atoms with Crippen LogP contribution in [0.15, 0.2) is 84.9 Å². The van der Waals surface area contributed by atoms with Gasteiger partial charge < -0.3 is 24.7 Å². The number of methoxy groups -OCH3 is 1. The highest BCUT2D eigenvalue weighted by molar-refractivity contribution is 6.10. The third-order valence-electron chi connectivity index (χ3n) is 9.95. The Balaban J connectivity index is 1.21. The normalized spacial score (nSPS) is 18.7. The van der Waals surface area contributed by atoms with E-state index in [1.54, 1.807) is 14.0 Å². The van der Waals surface area contributed by atoms with Crippen LogP contribution in [0.3, 0.4) is 0 Å². The van der Waals surface area contributed by atoms with E-state index in [1.807, 2.05) is 36.4 Å². The van der Waals surface area contributed by atoms with Crippen LogP contribution in [0, 0.1) is 10.8 Å². The van der Waals surface area contributed by atoms with E-state index in [0.29, 0.717) is 12.3 Å². The second kappa shape index (κ2) is 14.0. The van der Waals surface area contributed by atoms with Gasteiger partial charge in [0.1, 0.15) is 11.5 Å². The van der Waals surface area contributed by atoms with Gasteiger partial charge in [0.15, 0.2) is 0 Å². The van der Waals surface area contributed by atoms with E-state index in [9.17, 15) is 9.59 Å². The van der Waals surface area contributed by atoms with Crippen molar-refractivity contribution in [2.75, 3.05) is 13.7 Å². The molecule has 0 spiro atoms. The molecule has 0 aliphatic heterocycles. The predicted molar refractivity (Wildman–Crippen MR) is 199 cm³/mol. The maximum absolute atomic E-state index is 13.0. The fourth-order valence-corrected chi connectivity index (χ4v) is 8.03. The number of rotatable bonds is 10. The van der Waals surface area contributed by atoms with Crippen LogP contribution < -0.4 is 20.1 Å². The van der Waals surface area contributed by atoms with Crippen molar-refractivity contribution in [3.63, 3.8) is 0 Å². The van der Waals surface area contributed by atoms with E-state index in [4.69, 9.17) is 9.47 Å². The lowest BCUT2D eigenvalue weighted by molar-refractivity contribution is -0.119. The van der Waals surface area contributed by atoms with Gasteiger partial charge in [0.2, 0.25) is 5.91 Å². The van der Waals surface area contributed by atoms with E-state index in [2.05, 4.69) is 91.4 Å². The van der Waals surface area contributed by atoms with Crippen LogP contribution in [0.1, 0.15) is 66.7 Å². The smallest absolute Gasteiger partial charge is 0.412 e. The van der Waals surface area contributed by atoms with Crippen molar-refractivity contribution in [2.24, 2.45) is 10.8 Å². The highest BCUT2D eigenvalue weighted by atomic mass is 16.6. The van der Waals surface area contributed by atoms with E-state index in [0.717, 1.165) is 61.1 Å². The molecule has 4 aromatic carbocycles. The molecule has 2 N–H and O–H groups in total. The highest BCUT2D eigenvalue weighted by Crippen LogP contribution is 2.46. The third kappa shape index (κ3) is 7.77. The lowest BCUT2D eigenvalue weighted by Crippen LogP contribution is -2.50. The van der Waals surface area contributed by atoms with Crippen LogP contribution in [-0.2, 0) is 11.3 Å². The van der Waals surface area contributed by atoms with E-state index in [1.165, 1.54) is 27.4 Å². The lowest BCUT2D eigenvalue weighted by Gasteiger charge is -2.46. The summed E-state index contributed by atoms with van der Waals surface area (Å²) in [5, 5.41) is 8.54. The van der Waals surface area contributed by atoms with Crippen LogP contribution in [-0.4, -0.2) is 36.3 Å². The number of hydrogen-bond acceptors (Lipinski definition) is 4. The number of hydrogen-bond donors (Lipinski definition) is 2. The lowest BCUT2D eigenvalue weighted by atomic mass is 9.62. The molecule has 1 fully saturated rings. The summed E-state index contributed by atoms with van der Waals surface area (Å²) in [6.07, 6.45) is 4.41. The second-order valence-corrected chi connectivity index (χ2v) is 14.9. The Morgan fingerprint density at radius 3 is 1.88 bits per heavy atom. The van der Waals surface area contributed by atoms with Gasteiger partial charge >= 0.3 is 6.09 Å². The minimum absolute atomic E-state index is 0.0329. The van der Waals surface area contributed by atoms with Crippen LogP contribution in [0.4, 0.5) is 4.79 Å². The minimum atomic E-state index is -0.453. The Hall–Kier alpha value is -4.78. The summed E-state index contributed by atoms with van der Waals surface area (Å²) >= 11 is 0. The number of carbonyl (C=O) groups is 2. The highest BCUT2D eigenvalue weighted by Gasteiger charge is 2.42. The molecule has 2 atom stereocenters. The summed E-state index contributed by atoms with van der Waals surface area (Å²) in [6.45, 7) is 12.0. The maximum atomic E-state index is 13.0. The van der Waals surface area contributed by atoms with Crippen molar-refractivity contribution in [1.82, 2.24) is 15.2 Å². The molecule has 5 aromatic rings. The predicted octanol–water partition coefficient (Wildman–Crippen LogP) is 9.75. The van der Waals surface area contributed by atoms with Crippen LogP contribution >= 0.6 is 0 Å². The molecule has 1 heterocycles. The molecule has 2 amide bonds. The molecule has 1 saturated carbocycles. The average Bonchev–Trinajstić information content (AvgIpc) is 3.38. The molecule has 49 heavy (non-hydrogen) atoms. The zero-order valence-corrected chi connectivity index (χ0v) is 29.7.